The molecule has 2 aliphatic heterocycles. The summed E-state index contributed by atoms with van der Waals surface area (Å²) in [6.45, 7) is 3.66. The van der Waals surface area contributed by atoms with Crippen LogP contribution in [0.5, 0.6) is 0 Å². The highest BCUT2D eigenvalue weighted by Gasteiger charge is 2.33. The Hall–Kier alpha value is -0.990. The van der Waals surface area contributed by atoms with Gasteiger partial charge in [0.25, 0.3) is 5.91 Å². The summed E-state index contributed by atoms with van der Waals surface area (Å²) in [5.41, 5.74) is 0. The van der Waals surface area contributed by atoms with Crippen molar-refractivity contribution in [3.63, 3.8) is 0 Å². The van der Waals surface area contributed by atoms with Gasteiger partial charge in [0.1, 0.15) is 10.9 Å². The molecule has 2 aliphatic rings. The third-order valence-corrected chi connectivity index (χ3v) is 5.32. The number of hydrogen-bond donors (Lipinski definition) is 1. The number of thioether (sulfide) groups is 2. The van der Waals surface area contributed by atoms with Crippen LogP contribution in [0.25, 0.3) is 0 Å². The molecule has 2 saturated heterocycles. The van der Waals surface area contributed by atoms with E-state index in [2.05, 4.69) is 11.8 Å². The molecule has 20 heavy (non-hydrogen) atoms. The lowest BCUT2D eigenvalue weighted by Crippen LogP contribution is -2.33. The first kappa shape index (κ1) is 15.4. The molecule has 0 aromatic rings. The molecule has 1 amide bonds. The van der Waals surface area contributed by atoms with E-state index >= 15 is 0 Å². The Balaban J connectivity index is 2.12. The van der Waals surface area contributed by atoms with Gasteiger partial charge in [-0.25, -0.2) is 0 Å². The lowest BCUT2D eigenvalue weighted by atomic mass is 10.4. The van der Waals surface area contributed by atoms with Gasteiger partial charge in [-0.1, -0.05) is 24.0 Å². The highest BCUT2D eigenvalue weighted by molar-refractivity contribution is 8.26. The Morgan fingerprint density at radius 1 is 1.50 bits per heavy atom. The summed E-state index contributed by atoms with van der Waals surface area (Å²) in [4.78, 5) is 26.6. The van der Waals surface area contributed by atoms with Crippen molar-refractivity contribution in [1.29, 1.82) is 0 Å². The Labute approximate surface area is 131 Å². The van der Waals surface area contributed by atoms with Crippen LogP contribution in [0.15, 0.2) is 22.1 Å². The van der Waals surface area contributed by atoms with Crippen LogP contribution in [0.1, 0.15) is 6.92 Å². The first-order valence-electron chi connectivity index (χ1n) is 6.08. The van der Waals surface area contributed by atoms with Gasteiger partial charge in [-0.15, -0.1) is 11.8 Å². The third-order valence-electron chi connectivity index (χ3n) is 2.85. The Bertz CT molecular complexity index is 516. The monoisotopic (exact) mass is 330 g/mol. The van der Waals surface area contributed by atoms with E-state index in [1.807, 2.05) is 6.08 Å². The fraction of sp³-hybridized carbons (Fsp3) is 0.417. The molecule has 2 fully saturated rings. The zero-order chi connectivity index (χ0) is 14.7. The Morgan fingerprint density at radius 3 is 2.90 bits per heavy atom. The molecule has 1 N–H and O–H groups in total. The van der Waals surface area contributed by atoms with E-state index in [1.165, 1.54) is 0 Å². The highest BCUT2D eigenvalue weighted by Crippen LogP contribution is 2.32. The van der Waals surface area contributed by atoms with Gasteiger partial charge in [-0.05, 0) is 19.1 Å². The fourth-order valence-electron chi connectivity index (χ4n) is 1.86. The number of rotatable bonds is 4. The molecule has 0 aromatic carbocycles. The van der Waals surface area contributed by atoms with E-state index in [0.29, 0.717) is 9.23 Å². The number of allylic oxidation sites excluding steroid dienone is 2. The molecular weight excluding hydrogens is 316 g/mol. The van der Waals surface area contributed by atoms with E-state index in [-0.39, 0.29) is 12.5 Å². The summed E-state index contributed by atoms with van der Waals surface area (Å²) in [5, 5.41) is 9.90. The lowest BCUT2D eigenvalue weighted by Gasteiger charge is -2.15. The van der Waals surface area contributed by atoms with E-state index in [1.54, 1.807) is 17.8 Å². The summed E-state index contributed by atoms with van der Waals surface area (Å²) < 4.78 is 0.300. The number of carbonyl (C=O) groups excluding carboxylic acids is 1. The molecule has 0 atom stereocenters. The van der Waals surface area contributed by atoms with Gasteiger partial charge in [0.2, 0.25) is 0 Å². The molecule has 0 spiro atoms. The van der Waals surface area contributed by atoms with Gasteiger partial charge in [0.05, 0.1) is 9.93 Å². The van der Waals surface area contributed by atoms with Crippen molar-refractivity contribution in [3.05, 3.63) is 22.1 Å². The van der Waals surface area contributed by atoms with Crippen molar-refractivity contribution in [3.8, 4) is 0 Å². The fourth-order valence-corrected chi connectivity index (χ4v) is 4.15. The number of aliphatic carboxylic acids is 1. The summed E-state index contributed by atoms with van der Waals surface area (Å²) in [7, 11) is 0. The highest BCUT2D eigenvalue weighted by atomic mass is 32.2. The van der Waals surface area contributed by atoms with Crippen LogP contribution in [-0.2, 0) is 9.59 Å². The average molecular weight is 330 g/mol. The summed E-state index contributed by atoms with van der Waals surface area (Å²) in [6.07, 6.45) is 3.64. The molecule has 2 heterocycles. The maximum absolute atomic E-state index is 12.0. The lowest BCUT2D eigenvalue weighted by molar-refractivity contribution is -0.140. The van der Waals surface area contributed by atoms with Crippen molar-refractivity contribution in [2.75, 3.05) is 25.4 Å². The van der Waals surface area contributed by atoms with Crippen LogP contribution in [-0.4, -0.2) is 56.5 Å². The first-order chi connectivity index (χ1) is 9.52. The summed E-state index contributed by atoms with van der Waals surface area (Å²) in [5.74, 6) is -0.345. The zero-order valence-electron chi connectivity index (χ0n) is 10.9. The van der Waals surface area contributed by atoms with Crippen LogP contribution in [0.2, 0.25) is 0 Å². The number of carboxylic acid groups (broad SMARTS) is 1. The zero-order valence-corrected chi connectivity index (χ0v) is 13.3. The van der Waals surface area contributed by atoms with E-state index < -0.39 is 5.97 Å². The minimum absolute atomic E-state index is 0.300. The molecule has 0 aromatic heterocycles. The van der Waals surface area contributed by atoms with E-state index in [9.17, 15) is 9.59 Å². The van der Waals surface area contributed by atoms with Crippen LogP contribution in [0.4, 0.5) is 0 Å². The van der Waals surface area contributed by atoms with Gasteiger partial charge >= 0.3 is 5.97 Å². The molecule has 2 rings (SSSR count). The molecule has 0 bridgehead atoms. The van der Waals surface area contributed by atoms with Gasteiger partial charge < -0.3 is 10.0 Å². The van der Waals surface area contributed by atoms with Crippen molar-refractivity contribution in [2.45, 2.75) is 6.92 Å². The van der Waals surface area contributed by atoms with E-state index in [4.69, 9.17) is 17.3 Å². The smallest absolute Gasteiger partial charge is 0.323 e. The first-order valence-corrected chi connectivity index (χ1v) is 8.29. The molecule has 0 unspecified atom stereocenters. The van der Waals surface area contributed by atoms with Crippen LogP contribution in [0, 0.1) is 0 Å². The SMILES string of the molecule is CCN1CCSC1=C/C=C1/SC(=S)N(CC(=O)O)C1=O. The van der Waals surface area contributed by atoms with Gasteiger partial charge in [0, 0.05) is 18.8 Å². The minimum Gasteiger partial charge on any atom is -0.480 e. The van der Waals surface area contributed by atoms with Crippen molar-refractivity contribution >= 4 is 51.9 Å². The second kappa shape index (κ2) is 6.64. The molecule has 8 heteroatoms. The number of thiocarbonyl (C=S) groups is 1. The number of carbonyl (C=O) groups is 2. The van der Waals surface area contributed by atoms with Crippen LogP contribution < -0.4 is 0 Å². The minimum atomic E-state index is -1.07. The van der Waals surface area contributed by atoms with Crippen molar-refractivity contribution < 1.29 is 14.7 Å². The standard InChI is InChI=1S/C12H14N2O3S3/c1-2-13-5-6-19-9(13)4-3-8-11(17)14(7-10(15)16)12(18)20-8/h3-4H,2,5-7H2,1H3,(H,15,16)/b8-3+,9-4?. The topological polar surface area (TPSA) is 60.9 Å². The Kier molecular flexibility index (Phi) is 5.11. The molecule has 0 radical (unpaired) electrons. The largest absolute Gasteiger partial charge is 0.480 e. The molecule has 5 nitrogen and oxygen atoms in total. The molecular formula is C12H14N2O3S3. The number of nitrogens with zero attached hydrogens (tertiary/aromatic N) is 2. The molecule has 108 valence electrons. The van der Waals surface area contributed by atoms with Crippen LogP contribution >= 0.6 is 35.7 Å². The van der Waals surface area contributed by atoms with Gasteiger partial charge in [-0.3, -0.25) is 14.5 Å². The Morgan fingerprint density at radius 2 is 2.25 bits per heavy atom. The maximum atomic E-state index is 12.0. The average Bonchev–Trinajstić information content (AvgIpc) is 2.95. The second-order valence-electron chi connectivity index (χ2n) is 4.12. The van der Waals surface area contributed by atoms with Crippen LogP contribution in [0.3, 0.4) is 0 Å². The normalized spacial score (nSPS) is 23.4. The number of amides is 1. The van der Waals surface area contributed by atoms with E-state index in [0.717, 1.165) is 40.5 Å². The van der Waals surface area contributed by atoms with Crippen molar-refractivity contribution in [2.24, 2.45) is 0 Å². The van der Waals surface area contributed by atoms with Gasteiger partial charge in [-0.2, -0.15) is 0 Å². The number of hydrogen-bond acceptors (Lipinski definition) is 6. The molecule has 0 aliphatic carbocycles. The predicted octanol–water partition coefficient (Wildman–Crippen LogP) is 1.73. The maximum Gasteiger partial charge on any atom is 0.323 e. The van der Waals surface area contributed by atoms with Gasteiger partial charge in [0.15, 0.2) is 0 Å². The third kappa shape index (κ3) is 3.36. The number of carboxylic acids is 1. The second-order valence-corrected chi connectivity index (χ2v) is 6.91. The van der Waals surface area contributed by atoms with Crippen molar-refractivity contribution in [1.82, 2.24) is 9.80 Å². The predicted molar refractivity (Wildman–Crippen MR) is 85.4 cm³/mol. The molecule has 0 saturated carbocycles. The quantitative estimate of drug-likeness (QED) is 0.622. The summed E-state index contributed by atoms with van der Waals surface area (Å²) >= 11 is 7.94. The summed E-state index contributed by atoms with van der Waals surface area (Å²) in [6, 6.07) is 0.